The molecule has 3 aliphatic rings. The molecule has 2 aromatic rings. The van der Waals surface area contributed by atoms with Crippen LogP contribution in [0, 0.1) is 23.1 Å². The Morgan fingerprint density at radius 1 is 1.15 bits per heavy atom. The van der Waals surface area contributed by atoms with Crippen LogP contribution >= 0.6 is 0 Å². The van der Waals surface area contributed by atoms with E-state index >= 15 is 0 Å². The Kier molecular flexibility index (Phi) is 6.00. The van der Waals surface area contributed by atoms with Crippen molar-refractivity contribution in [2.75, 3.05) is 0 Å². The van der Waals surface area contributed by atoms with E-state index in [0.717, 1.165) is 50.5 Å². The maximum absolute atomic E-state index is 14.8. The van der Waals surface area contributed by atoms with Crippen LogP contribution in [0.1, 0.15) is 60.0 Å². The summed E-state index contributed by atoms with van der Waals surface area (Å²) in [6.07, 6.45) is 10.9. The minimum Gasteiger partial charge on any atom is -0.487 e. The van der Waals surface area contributed by atoms with Gasteiger partial charge in [0.2, 0.25) is 0 Å². The van der Waals surface area contributed by atoms with E-state index in [1.807, 2.05) is 12.1 Å². The highest BCUT2D eigenvalue weighted by Crippen LogP contribution is 2.48. The molecule has 0 aromatic heterocycles. The van der Waals surface area contributed by atoms with Gasteiger partial charge in [-0.2, -0.15) is 0 Å². The first-order chi connectivity index (χ1) is 16.0. The summed E-state index contributed by atoms with van der Waals surface area (Å²) in [5.74, 6) is -1.41. The standard InChI is InChI=1S/C28H31FO4/c29-25-22(27(31)32)12-8-20-7-11-21-19(9-13-23(21)33-26(20)25)10-14-24(30)28(15-4-16-28)17-18-5-2-1-3-6-18/h1-3,5-6,8,10,12,14,19,21,23-24,30H,4,7,9,11,13,15-17H2,(H,31,32)/b14-10+/t19-,21-,23+,24?/m1/s1. The van der Waals surface area contributed by atoms with Crippen LogP contribution in [0.5, 0.6) is 5.75 Å². The molecule has 0 radical (unpaired) electrons. The van der Waals surface area contributed by atoms with Crippen molar-refractivity contribution < 1.29 is 24.1 Å². The Hall–Kier alpha value is -2.66. The molecule has 174 valence electrons. The molecule has 2 aromatic carbocycles. The molecule has 2 N–H and O–H groups in total. The van der Waals surface area contributed by atoms with E-state index < -0.39 is 17.9 Å². The second-order valence-corrected chi connectivity index (χ2v) is 10.0. The summed E-state index contributed by atoms with van der Waals surface area (Å²) in [7, 11) is 0. The van der Waals surface area contributed by atoms with Gasteiger partial charge in [0.15, 0.2) is 11.6 Å². The van der Waals surface area contributed by atoms with E-state index in [1.165, 1.54) is 11.6 Å². The molecule has 5 heteroatoms. The molecule has 1 heterocycles. The molecule has 0 amide bonds. The third-order valence-corrected chi connectivity index (χ3v) is 8.15. The quantitative estimate of drug-likeness (QED) is 0.565. The highest BCUT2D eigenvalue weighted by Gasteiger charge is 2.43. The number of rotatable bonds is 6. The number of aliphatic hydroxyl groups is 1. The summed E-state index contributed by atoms with van der Waals surface area (Å²) >= 11 is 0. The molecule has 1 aliphatic heterocycles. The molecule has 33 heavy (non-hydrogen) atoms. The molecule has 4 atom stereocenters. The summed E-state index contributed by atoms with van der Waals surface area (Å²) in [6.45, 7) is 0. The van der Waals surface area contributed by atoms with Crippen molar-refractivity contribution in [3.05, 3.63) is 77.1 Å². The second kappa shape index (κ2) is 8.94. The molecular formula is C28H31FO4. The van der Waals surface area contributed by atoms with Gasteiger partial charge in [0, 0.05) is 11.3 Å². The number of hydrogen-bond acceptors (Lipinski definition) is 3. The molecule has 2 fully saturated rings. The van der Waals surface area contributed by atoms with Crippen LogP contribution in [0.2, 0.25) is 0 Å². The SMILES string of the molecule is O=C(O)c1ccc2c(c1F)O[C@H]1CC[C@H](/C=C/C(O)C3(Cc4ccccc4)CCC3)[C@H]1CC2. The Morgan fingerprint density at radius 3 is 2.64 bits per heavy atom. The first kappa shape index (κ1) is 22.1. The van der Waals surface area contributed by atoms with Gasteiger partial charge in [0.1, 0.15) is 6.10 Å². The maximum Gasteiger partial charge on any atom is 0.338 e. The molecule has 4 nitrogen and oxygen atoms in total. The zero-order valence-corrected chi connectivity index (χ0v) is 18.8. The molecule has 5 rings (SSSR count). The van der Waals surface area contributed by atoms with Crippen molar-refractivity contribution in [3.63, 3.8) is 0 Å². The van der Waals surface area contributed by atoms with Crippen molar-refractivity contribution in [3.8, 4) is 5.75 Å². The average Bonchev–Trinajstić information content (AvgIpc) is 3.06. The monoisotopic (exact) mass is 450 g/mol. The van der Waals surface area contributed by atoms with Gasteiger partial charge in [-0.25, -0.2) is 9.18 Å². The molecule has 1 unspecified atom stereocenters. The fourth-order valence-corrected chi connectivity index (χ4v) is 6.07. The van der Waals surface area contributed by atoms with Gasteiger partial charge in [-0.15, -0.1) is 0 Å². The van der Waals surface area contributed by atoms with Crippen LogP contribution < -0.4 is 4.74 Å². The van der Waals surface area contributed by atoms with Crippen LogP contribution in [0.4, 0.5) is 4.39 Å². The number of carboxylic acid groups (broad SMARTS) is 1. The van der Waals surface area contributed by atoms with Crippen molar-refractivity contribution in [1.29, 1.82) is 0 Å². The van der Waals surface area contributed by atoms with Crippen LogP contribution in [-0.4, -0.2) is 28.4 Å². The van der Waals surface area contributed by atoms with Gasteiger partial charge >= 0.3 is 5.97 Å². The van der Waals surface area contributed by atoms with E-state index in [-0.39, 0.29) is 34.7 Å². The first-order valence-corrected chi connectivity index (χ1v) is 12.1. The van der Waals surface area contributed by atoms with Crippen molar-refractivity contribution in [2.24, 2.45) is 17.3 Å². The number of benzene rings is 2. The summed E-state index contributed by atoms with van der Waals surface area (Å²) < 4.78 is 20.9. The van der Waals surface area contributed by atoms with Gasteiger partial charge in [0.25, 0.3) is 0 Å². The van der Waals surface area contributed by atoms with Crippen LogP contribution in [-0.2, 0) is 12.8 Å². The van der Waals surface area contributed by atoms with Crippen molar-refractivity contribution in [1.82, 2.24) is 0 Å². The minimum atomic E-state index is -1.28. The summed E-state index contributed by atoms with van der Waals surface area (Å²) in [4.78, 5) is 11.3. The molecule has 2 saturated carbocycles. The summed E-state index contributed by atoms with van der Waals surface area (Å²) in [6, 6.07) is 13.4. The smallest absolute Gasteiger partial charge is 0.338 e. The number of allylic oxidation sites excluding steroid dienone is 1. The number of aromatic carboxylic acids is 1. The number of halogens is 1. The third-order valence-electron chi connectivity index (χ3n) is 8.15. The van der Waals surface area contributed by atoms with Gasteiger partial charge in [-0.1, -0.05) is 55.0 Å². The van der Waals surface area contributed by atoms with E-state index in [1.54, 1.807) is 6.07 Å². The van der Waals surface area contributed by atoms with Gasteiger partial charge < -0.3 is 14.9 Å². The lowest BCUT2D eigenvalue weighted by molar-refractivity contribution is -0.00527. The Bertz CT molecular complexity index is 1040. The van der Waals surface area contributed by atoms with E-state index in [0.29, 0.717) is 6.42 Å². The molecule has 0 bridgehead atoms. The molecular weight excluding hydrogens is 419 g/mol. The number of aryl methyl sites for hydroxylation is 1. The lowest BCUT2D eigenvalue weighted by atomic mass is 9.62. The lowest BCUT2D eigenvalue weighted by Gasteiger charge is -2.45. The number of hydrogen-bond donors (Lipinski definition) is 2. The Balaban J connectivity index is 1.29. The molecule has 2 aliphatic carbocycles. The fraction of sp³-hybridized carbons (Fsp3) is 0.464. The predicted octanol–water partition coefficient (Wildman–Crippen LogP) is 5.57. The van der Waals surface area contributed by atoms with Gasteiger partial charge in [0.05, 0.1) is 11.7 Å². The molecule has 0 spiro atoms. The topological polar surface area (TPSA) is 66.8 Å². The average molecular weight is 451 g/mol. The Labute approximate surface area is 194 Å². The molecule has 0 saturated heterocycles. The zero-order chi connectivity index (χ0) is 23.0. The number of carboxylic acids is 1. The number of aliphatic hydroxyl groups excluding tert-OH is 1. The number of carbonyl (C=O) groups is 1. The highest BCUT2D eigenvalue weighted by atomic mass is 19.1. The third kappa shape index (κ3) is 4.19. The van der Waals surface area contributed by atoms with Gasteiger partial charge in [-0.3, -0.25) is 0 Å². The Morgan fingerprint density at radius 2 is 1.94 bits per heavy atom. The number of ether oxygens (including phenoxy) is 1. The maximum atomic E-state index is 14.8. The van der Waals surface area contributed by atoms with Crippen molar-refractivity contribution >= 4 is 5.97 Å². The zero-order valence-electron chi connectivity index (χ0n) is 18.8. The largest absolute Gasteiger partial charge is 0.487 e. The van der Waals surface area contributed by atoms with Crippen LogP contribution in [0.25, 0.3) is 0 Å². The number of fused-ring (bicyclic) bond motifs is 2. The van der Waals surface area contributed by atoms with Crippen LogP contribution in [0.15, 0.2) is 54.6 Å². The fourth-order valence-electron chi connectivity index (χ4n) is 6.07. The van der Waals surface area contributed by atoms with E-state index in [2.05, 4.69) is 30.3 Å². The van der Waals surface area contributed by atoms with Crippen molar-refractivity contribution in [2.45, 2.75) is 63.6 Å². The second-order valence-electron chi connectivity index (χ2n) is 10.0. The summed E-state index contributed by atoms with van der Waals surface area (Å²) in [5.41, 5.74) is 1.59. The van der Waals surface area contributed by atoms with Crippen LogP contribution in [0.3, 0.4) is 0 Å². The predicted molar refractivity (Wildman–Crippen MR) is 124 cm³/mol. The van der Waals surface area contributed by atoms with E-state index in [9.17, 15) is 19.4 Å². The van der Waals surface area contributed by atoms with Gasteiger partial charge in [-0.05, 0) is 68.1 Å². The minimum absolute atomic E-state index is 0.0809. The highest BCUT2D eigenvalue weighted by molar-refractivity contribution is 5.88. The van der Waals surface area contributed by atoms with E-state index in [4.69, 9.17) is 4.74 Å². The lowest BCUT2D eigenvalue weighted by Crippen LogP contribution is -2.42. The normalized spacial score (nSPS) is 26.5. The summed E-state index contributed by atoms with van der Waals surface area (Å²) in [5, 5.41) is 20.4. The first-order valence-electron chi connectivity index (χ1n) is 12.1.